The fourth-order valence-electron chi connectivity index (χ4n) is 1.14. The predicted octanol–water partition coefficient (Wildman–Crippen LogP) is 1.20. The maximum absolute atomic E-state index is 10.5. The first-order chi connectivity index (χ1) is 5.83. The summed E-state index contributed by atoms with van der Waals surface area (Å²) in [5.74, 6) is 0. The van der Waals surface area contributed by atoms with Crippen LogP contribution in [0.4, 0.5) is 4.79 Å². The van der Waals surface area contributed by atoms with Crippen molar-refractivity contribution < 1.29 is 9.53 Å². The fraction of sp³-hybridized carbons (Fsp3) is 0.889. The standard InChI is InChI=1S/C9H20N2O2/c1-9(2,13-8(10)12)6-5-7-11(3)4/h5-7H2,1-4H3,(H2,10,12). The summed E-state index contributed by atoms with van der Waals surface area (Å²) in [6.07, 6.45) is 1.12. The highest BCUT2D eigenvalue weighted by Gasteiger charge is 2.20. The van der Waals surface area contributed by atoms with Gasteiger partial charge in [-0.15, -0.1) is 0 Å². The largest absolute Gasteiger partial charge is 0.444 e. The van der Waals surface area contributed by atoms with E-state index in [0.717, 1.165) is 19.4 Å². The highest BCUT2D eigenvalue weighted by molar-refractivity contribution is 5.65. The molecule has 13 heavy (non-hydrogen) atoms. The topological polar surface area (TPSA) is 55.6 Å². The Bertz CT molecular complexity index is 167. The van der Waals surface area contributed by atoms with Gasteiger partial charge in [-0.1, -0.05) is 0 Å². The van der Waals surface area contributed by atoms with Gasteiger partial charge in [0.2, 0.25) is 0 Å². The third-order valence-corrected chi connectivity index (χ3v) is 1.76. The molecule has 2 N–H and O–H groups in total. The van der Waals surface area contributed by atoms with Crippen LogP contribution in [0.1, 0.15) is 26.7 Å². The summed E-state index contributed by atoms with van der Waals surface area (Å²) >= 11 is 0. The van der Waals surface area contributed by atoms with Gasteiger partial charge in [0.1, 0.15) is 5.60 Å². The quantitative estimate of drug-likeness (QED) is 0.705. The molecule has 0 saturated carbocycles. The number of nitrogens with two attached hydrogens (primary N) is 1. The lowest BCUT2D eigenvalue weighted by atomic mass is 10.0. The molecule has 0 fully saturated rings. The normalized spacial score (nSPS) is 11.8. The van der Waals surface area contributed by atoms with Crippen LogP contribution in [0, 0.1) is 0 Å². The third kappa shape index (κ3) is 7.59. The highest BCUT2D eigenvalue weighted by Crippen LogP contribution is 2.16. The maximum atomic E-state index is 10.5. The second-order valence-electron chi connectivity index (χ2n) is 4.09. The van der Waals surface area contributed by atoms with Crippen LogP contribution in [0.3, 0.4) is 0 Å². The first kappa shape index (κ1) is 12.2. The van der Waals surface area contributed by atoms with Crippen LogP contribution in [0.2, 0.25) is 0 Å². The molecule has 0 aliphatic rings. The number of carbonyl (C=O) groups is 1. The number of nitrogens with zero attached hydrogens (tertiary/aromatic N) is 1. The second-order valence-corrected chi connectivity index (χ2v) is 4.09. The lowest BCUT2D eigenvalue weighted by molar-refractivity contribution is 0.0364. The van der Waals surface area contributed by atoms with Gasteiger partial charge in [-0.25, -0.2) is 4.79 Å². The average Bonchev–Trinajstić information content (AvgIpc) is 1.81. The summed E-state index contributed by atoms with van der Waals surface area (Å²) in [6.45, 7) is 4.73. The summed E-state index contributed by atoms with van der Waals surface area (Å²) in [5.41, 5.74) is 4.50. The molecular weight excluding hydrogens is 168 g/mol. The summed E-state index contributed by atoms with van der Waals surface area (Å²) in [4.78, 5) is 12.6. The molecule has 78 valence electrons. The minimum atomic E-state index is -0.699. The number of rotatable bonds is 5. The van der Waals surface area contributed by atoms with Gasteiger partial charge in [-0.3, -0.25) is 0 Å². The smallest absolute Gasteiger partial charge is 0.405 e. The fourth-order valence-corrected chi connectivity index (χ4v) is 1.14. The minimum Gasteiger partial charge on any atom is -0.444 e. The van der Waals surface area contributed by atoms with Gasteiger partial charge >= 0.3 is 6.09 Å². The second kappa shape index (κ2) is 5.07. The molecule has 4 heteroatoms. The van der Waals surface area contributed by atoms with Gasteiger partial charge in [-0.05, 0) is 47.3 Å². The molecular formula is C9H20N2O2. The Morgan fingerprint density at radius 1 is 1.46 bits per heavy atom. The van der Waals surface area contributed by atoms with E-state index < -0.39 is 11.7 Å². The van der Waals surface area contributed by atoms with E-state index in [4.69, 9.17) is 10.5 Å². The van der Waals surface area contributed by atoms with E-state index in [1.54, 1.807) is 0 Å². The number of hydrogen-bond donors (Lipinski definition) is 1. The molecule has 4 nitrogen and oxygen atoms in total. The first-order valence-corrected chi connectivity index (χ1v) is 4.47. The summed E-state index contributed by atoms with van der Waals surface area (Å²) in [7, 11) is 4.03. The first-order valence-electron chi connectivity index (χ1n) is 4.47. The summed E-state index contributed by atoms with van der Waals surface area (Å²) < 4.78 is 4.94. The zero-order chi connectivity index (χ0) is 10.5. The van der Waals surface area contributed by atoms with E-state index in [9.17, 15) is 4.79 Å². The molecule has 0 aliphatic heterocycles. The predicted molar refractivity (Wildman–Crippen MR) is 52.5 cm³/mol. The van der Waals surface area contributed by atoms with Gasteiger partial charge < -0.3 is 15.4 Å². The molecule has 0 atom stereocenters. The van der Waals surface area contributed by atoms with Gasteiger partial charge in [0, 0.05) is 0 Å². The van der Waals surface area contributed by atoms with Crippen LogP contribution in [-0.4, -0.2) is 37.2 Å². The SMILES string of the molecule is CN(C)CCCC(C)(C)OC(N)=O. The molecule has 0 saturated heterocycles. The third-order valence-electron chi connectivity index (χ3n) is 1.76. The van der Waals surface area contributed by atoms with Crippen molar-refractivity contribution in [3.8, 4) is 0 Å². The number of carbonyl (C=O) groups excluding carboxylic acids is 1. The van der Waals surface area contributed by atoms with Gasteiger partial charge in [-0.2, -0.15) is 0 Å². The average molecular weight is 188 g/mol. The number of ether oxygens (including phenoxy) is 1. The van der Waals surface area contributed by atoms with Crippen molar-refractivity contribution in [3.63, 3.8) is 0 Å². The Balaban J connectivity index is 3.69. The van der Waals surface area contributed by atoms with Crippen molar-refractivity contribution in [1.82, 2.24) is 4.90 Å². The monoisotopic (exact) mass is 188 g/mol. The van der Waals surface area contributed by atoms with Crippen LogP contribution < -0.4 is 5.73 Å². The van der Waals surface area contributed by atoms with Gasteiger partial charge in [0.25, 0.3) is 0 Å². The van der Waals surface area contributed by atoms with E-state index in [0.29, 0.717) is 0 Å². The van der Waals surface area contributed by atoms with Crippen LogP contribution in [0.5, 0.6) is 0 Å². The highest BCUT2D eigenvalue weighted by atomic mass is 16.6. The van der Waals surface area contributed by atoms with Gasteiger partial charge in [0.05, 0.1) is 0 Å². The number of amides is 1. The molecule has 0 radical (unpaired) electrons. The Labute approximate surface area is 80.0 Å². The van der Waals surface area contributed by atoms with Crippen molar-refractivity contribution in [2.24, 2.45) is 5.73 Å². The van der Waals surface area contributed by atoms with E-state index in [2.05, 4.69) is 4.90 Å². The van der Waals surface area contributed by atoms with Crippen molar-refractivity contribution in [2.45, 2.75) is 32.3 Å². The molecule has 0 rings (SSSR count). The lowest BCUT2D eigenvalue weighted by Crippen LogP contribution is -2.31. The van der Waals surface area contributed by atoms with E-state index in [-0.39, 0.29) is 0 Å². The zero-order valence-corrected chi connectivity index (χ0v) is 8.96. The minimum absolute atomic E-state index is 0.443. The molecule has 0 aromatic heterocycles. The molecule has 1 amide bonds. The van der Waals surface area contributed by atoms with Gasteiger partial charge in [0.15, 0.2) is 0 Å². The molecule has 0 unspecified atom stereocenters. The molecule has 0 heterocycles. The number of primary amides is 1. The Morgan fingerprint density at radius 2 is 2.00 bits per heavy atom. The van der Waals surface area contributed by atoms with Crippen molar-refractivity contribution in [2.75, 3.05) is 20.6 Å². The van der Waals surface area contributed by atoms with Crippen LogP contribution >= 0.6 is 0 Å². The Kier molecular flexibility index (Phi) is 4.77. The molecule has 0 aromatic carbocycles. The van der Waals surface area contributed by atoms with Crippen molar-refractivity contribution >= 4 is 6.09 Å². The van der Waals surface area contributed by atoms with E-state index in [1.165, 1.54) is 0 Å². The van der Waals surface area contributed by atoms with Crippen molar-refractivity contribution in [3.05, 3.63) is 0 Å². The number of hydrogen-bond acceptors (Lipinski definition) is 3. The molecule has 0 aliphatic carbocycles. The Morgan fingerprint density at radius 3 is 2.38 bits per heavy atom. The summed E-state index contributed by atoms with van der Waals surface area (Å²) in [6, 6.07) is 0. The van der Waals surface area contributed by atoms with Crippen LogP contribution in [-0.2, 0) is 4.74 Å². The molecule has 0 aromatic rings. The van der Waals surface area contributed by atoms with Crippen molar-refractivity contribution in [1.29, 1.82) is 0 Å². The van der Waals surface area contributed by atoms with E-state index >= 15 is 0 Å². The summed E-state index contributed by atoms with van der Waals surface area (Å²) in [5, 5.41) is 0. The van der Waals surface area contributed by atoms with Crippen LogP contribution in [0.25, 0.3) is 0 Å². The lowest BCUT2D eigenvalue weighted by Gasteiger charge is -2.24. The van der Waals surface area contributed by atoms with Crippen LogP contribution in [0.15, 0.2) is 0 Å². The molecule has 0 spiro atoms. The molecule has 0 bridgehead atoms. The van der Waals surface area contributed by atoms with E-state index in [1.807, 2.05) is 27.9 Å². The zero-order valence-electron chi connectivity index (χ0n) is 8.96. The maximum Gasteiger partial charge on any atom is 0.405 e. The Hall–Kier alpha value is -0.770.